The fourth-order valence-corrected chi connectivity index (χ4v) is 1.78. The standard InChI is InChI=1S/C13H18N6O3/c1-7-9(6-15-13(14)17-7)11(20)16-8(2)12-18-10(19-22-12)4-5-21-3/h6,8H,4-5H2,1-3H3,(H,16,20)(H2,14,15,17)/t8-/m0/s1. The van der Waals surface area contributed by atoms with Crippen LogP contribution < -0.4 is 11.1 Å². The molecule has 2 aromatic rings. The molecule has 0 aromatic carbocycles. The van der Waals surface area contributed by atoms with E-state index in [2.05, 4.69) is 25.4 Å². The van der Waals surface area contributed by atoms with Gasteiger partial charge in [0.1, 0.15) is 6.04 Å². The van der Waals surface area contributed by atoms with Crippen LogP contribution in [-0.4, -0.2) is 39.7 Å². The van der Waals surface area contributed by atoms with E-state index in [0.29, 0.717) is 36.0 Å². The molecule has 3 N–H and O–H groups in total. The number of aryl methyl sites for hydroxylation is 1. The first-order chi connectivity index (χ1) is 10.5. The van der Waals surface area contributed by atoms with Gasteiger partial charge in [-0.1, -0.05) is 5.16 Å². The Morgan fingerprint density at radius 1 is 1.50 bits per heavy atom. The number of carbonyl (C=O) groups excluding carboxylic acids is 1. The summed E-state index contributed by atoms with van der Waals surface area (Å²) in [7, 11) is 1.60. The molecule has 0 aliphatic rings. The summed E-state index contributed by atoms with van der Waals surface area (Å²) in [4.78, 5) is 24.2. The van der Waals surface area contributed by atoms with E-state index in [0.717, 1.165) is 0 Å². The van der Waals surface area contributed by atoms with Gasteiger partial charge >= 0.3 is 0 Å². The molecule has 0 bridgehead atoms. The number of nitrogens with one attached hydrogen (secondary N) is 1. The molecule has 0 unspecified atom stereocenters. The molecule has 1 amide bonds. The molecule has 0 fully saturated rings. The molecule has 118 valence electrons. The zero-order chi connectivity index (χ0) is 16.1. The lowest BCUT2D eigenvalue weighted by atomic mass is 10.2. The predicted molar refractivity (Wildman–Crippen MR) is 76.9 cm³/mol. The number of amides is 1. The molecule has 1 atom stereocenters. The van der Waals surface area contributed by atoms with Crippen LogP contribution in [0.25, 0.3) is 0 Å². The van der Waals surface area contributed by atoms with Crippen LogP contribution >= 0.6 is 0 Å². The predicted octanol–water partition coefficient (Wildman–Crippen LogP) is 0.430. The normalized spacial score (nSPS) is 12.1. The average Bonchev–Trinajstić information content (AvgIpc) is 2.93. The van der Waals surface area contributed by atoms with Gasteiger partial charge in [-0.25, -0.2) is 9.97 Å². The third kappa shape index (κ3) is 3.76. The highest BCUT2D eigenvalue weighted by Gasteiger charge is 2.19. The van der Waals surface area contributed by atoms with Crippen molar-refractivity contribution < 1.29 is 14.1 Å². The first-order valence-corrected chi connectivity index (χ1v) is 6.72. The number of ether oxygens (including phenoxy) is 1. The quantitative estimate of drug-likeness (QED) is 0.786. The third-order valence-corrected chi connectivity index (χ3v) is 2.97. The van der Waals surface area contributed by atoms with E-state index in [9.17, 15) is 4.79 Å². The molecule has 0 radical (unpaired) electrons. The van der Waals surface area contributed by atoms with Gasteiger partial charge in [-0.2, -0.15) is 4.98 Å². The second kappa shape index (κ2) is 6.94. The van der Waals surface area contributed by atoms with Crippen molar-refractivity contribution in [2.24, 2.45) is 0 Å². The Kier molecular flexibility index (Phi) is 4.99. The van der Waals surface area contributed by atoms with Gasteiger partial charge in [0.15, 0.2) is 5.82 Å². The summed E-state index contributed by atoms with van der Waals surface area (Å²) < 4.78 is 10.1. The maximum absolute atomic E-state index is 12.2. The zero-order valence-electron chi connectivity index (χ0n) is 12.7. The first-order valence-electron chi connectivity index (χ1n) is 6.72. The number of methoxy groups -OCH3 is 1. The molecule has 9 heteroatoms. The highest BCUT2D eigenvalue weighted by Crippen LogP contribution is 2.12. The maximum atomic E-state index is 12.2. The van der Waals surface area contributed by atoms with Gasteiger partial charge in [0.25, 0.3) is 5.91 Å². The summed E-state index contributed by atoms with van der Waals surface area (Å²) in [6.07, 6.45) is 1.93. The number of nitrogens with two attached hydrogens (primary N) is 1. The van der Waals surface area contributed by atoms with Crippen molar-refractivity contribution in [1.29, 1.82) is 0 Å². The summed E-state index contributed by atoms with van der Waals surface area (Å²) in [6, 6.07) is -0.437. The van der Waals surface area contributed by atoms with E-state index < -0.39 is 6.04 Å². The van der Waals surface area contributed by atoms with E-state index >= 15 is 0 Å². The van der Waals surface area contributed by atoms with E-state index in [-0.39, 0.29) is 11.9 Å². The van der Waals surface area contributed by atoms with Crippen LogP contribution in [0.2, 0.25) is 0 Å². The number of hydrogen-bond donors (Lipinski definition) is 2. The van der Waals surface area contributed by atoms with Crippen molar-refractivity contribution in [3.05, 3.63) is 29.2 Å². The van der Waals surface area contributed by atoms with Crippen molar-refractivity contribution in [1.82, 2.24) is 25.4 Å². The molecule has 2 aromatic heterocycles. The largest absolute Gasteiger partial charge is 0.384 e. The number of nitrogens with zero attached hydrogens (tertiary/aromatic N) is 4. The Morgan fingerprint density at radius 2 is 2.27 bits per heavy atom. The van der Waals surface area contributed by atoms with E-state index in [1.54, 1.807) is 21.0 Å². The molecule has 0 saturated carbocycles. The molecule has 0 aliphatic heterocycles. The van der Waals surface area contributed by atoms with Gasteiger partial charge in [-0.05, 0) is 13.8 Å². The molecular formula is C13H18N6O3. The third-order valence-electron chi connectivity index (χ3n) is 2.97. The topological polar surface area (TPSA) is 129 Å². The Balaban J connectivity index is 2.03. The number of anilines is 1. The fraction of sp³-hybridized carbons (Fsp3) is 0.462. The second-order valence-electron chi connectivity index (χ2n) is 4.71. The molecule has 22 heavy (non-hydrogen) atoms. The van der Waals surface area contributed by atoms with Crippen molar-refractivity contribution >= 4 is 11.9 Å². The second-order valence-corrected chi connectivity index (χ2v) is 4.71. The number of rotatable bonds is 6. The molecule has 9 nitrogen and oxygen atoms in total. The number of aromatic nitrogens is 4. The van der Waals surface area contributed by atoms with Crippen LogP contribution in [0.3, 0.4) is 0 Å². The number of nitrogen functional groups attached to an aromatic ring is 1. The molecule has 0 aliphatic carbocycles. The highest BCUT2D eigenvalue weighted by atomic mass is 16.5. The van der Waals surface area contributed by atoms with Gasteiger partial charge < -0.3 is 20.3 Å². The minimum Gasteiger partial charge on any atom is -0.384 e. The van der Waals surface area contributed by atoms with Gasteiger partial charge in [-0.15, -0.1) is 0 Å². The van der Waals surface area contributed by atoms with E-state index in [1.165, 1.54) is 6.20 Å². The van der Waals surface area contributed by atoms with Crippen molar-refractivity contribution in [2.75, 3.05) is 19.5 Å². The molecule has 2 heterocycles. The van der Waals surface area contributed by atoms with Crippen LogP contribution in [0.5, 0.6) is 0 Å². The van der Waals surface area contributed by atoms with Crippen LogP contribution in [0.1, 0.15) is 40.7 Å². The molecular weight excluding hydrogens is 288 g/mol. The number of hydrogen-bond acceptors (Lipinski definition) is 8. The Morgan fingerprint density at radius 3 is 2.95 bits per heavy atom. The minimum absolute atomic E-state index is 0.127. The summed E-state index contributed by atoms with van der Waals surface area (Å²) in [5.74, 6) is 0.654. The van der Waals surface area contributed by atoms with E-state index in [1.807, 2.05) is 0 Å². The van der Waals surface area contributed by atoms with Gasteiger partial charge in [0, 0.05) is 19.7 Å². The lowest BCUT2D eigenvalue weighted by molar-refractivity contribution is 0.0931. The van der Waals surface area contributed by atoms with Crippen molar-refractivity contribution in [2.45, 2.75) is 26.3 Å². The lowest BCUT2D eigenvalue weighted by Crippen LogP contribution is -2.28. The lowest BCUT2D eigenvalue weighted by Gasteiger charge is -2.10. The van der Waals surface area contributed by atoms with Crippen LogP contribution in [0.4, 0.5) is 5.95 Å². The molecule has 0 spiro atoms. The average molecular weight is 306 g/mol. The first kappa shape index (κ1) is 15.8. The molecule has 0 saturated heterocycles. The van der Waals surface area contributed by atoms with Crippen LogP contribution in [0, 0.1) is 6.92 Å². The van der Waals surface area contributed by atoms with Crippen molar-refractivity contribution in [3.8, 4) is 0 Å². The summed E-state index contributed by atoms with van der Waals surface area (Å²) in [5, 5.41) is 6.58. The fourth-order valence-electron chi connectivity index (χ4n) is 1.78. The van der Waals surface area contributed by atoms with E-state index in [4.69, 9.17) is 15.0 Å². The van der Waals surface area contributed by atoms with Gasteiger partial charge in [0.2, 0.25) is 11.8 Å². The van der Waals surface area contributed by atoms with Crippen LogP contribution in [0.15, 0.2) is 10.7 Å². The Labute approximate surface area is 127 Å². The smallest absolute Gasteiger partial charge is 0.255 e. The maximum Gasteiger partial charge on any atom is 0.255 e. The summed E-state index contributed by atoms with van der Waals surface area (Å²) in [6.45, 7) is 3.94. The SMILES string of the molecule is COCCc1noc([C@H](C)NC(=O)c2cnc(N)nc2C)n1. The monoisotopic (exact) mass is 306 g/mol. The molecule has 2 rings (SSSR count). The van der Waals surface area contributed by atoms with Gasteiger partial charge in [-0.3, -0.25) is 4.79 Å². The van der Waals surface area contributed by atoms with Gasteiger partial charge in [0.05, 0.1) is 17.9 Å². The highest BCUT2D eigenvalue weighted by molar-refractivity contribution is 5.95. The van der Waals surface area contributed by atoms with Crippen molar-refractivity contribution in [3.63, 3.8) is 0 Å². The van der Waals surface area contributed by atoms with Crippen LogP contribution in [-0.2, 0) is 11.2 Å². The number of carbonyl (C=O) groups is 1. The Bertz CT molecular complexity index is 657. The summed E-state index contributed by atoms with van der Waals surface area (Å²) >= 11 is 0. The zero-order valence-corrected chi connectivity index (χ0v) is 12.7. The Hall–Kier alpha value is -2.55. The summed E-state index contributed by atoms with van der Waals surface area (Å²) in [5.41, 5.74) is 6.32. The minimum atomic E-state index is -0.437.